The van der Waals surface area contributed by atoms with Gasteiger partial charge in [-0.05, 0) is 43.8 Å². The predicted octanol–water partition coefficient (Wildman–Crippen LogP) is 4.35. The summed E-state index contributed by atoms with van der Waals surface area (Å²) in [4.78, 5) is 19.0. The first-order chi connectivity index (χ1) is 14.0. The van der Waals surface area contributed by atoms with E-state index in [0.29, 0.717) is 17.7 Å². The molecule has 0 aliphatic heterocycles. The van der Waals surface area contributed by atoms with Crippen molar-refractivity contribution in [2.45, 2.75) is 20.8 Å². The number of hydrogen-bond donors (Lipinski definition) is 2. The van der Waals surface area contributed by atoms with E-state index in [2.05, 4.69) is 29.0 Å². The van der Waals surface area contributed by atoms with Crippen LogP contribution in [0.25, 0.3) is 22.0 Å². The molecule has 0 aliphatic carbocycles. The van der Waals surface area contributed by atoms with E-state index in [4.69, 9.17) is 4.74 Å². The Bertz CT molecular complexity index is 1000. The van der Waals surface area contributed by atoms with Crippen molar-refractivity contribution < 1.29 is 14.6 Å². The molecule has 29 heavy (non-hydrogen) atoms. The number of ether oxygens (including phenoxy) is 1. The smallest absolute Gasteiger partial charge is 0.412 e. The average molecular weight is 393 g/mol. The van der Waals surface area contributed by atoms with Crippen molar-refractivity contribution >= 4 is 16.9 Å². The number of hydrogen-bond acceptors (Lipinski definition) is 5. The fourth-order valence-corrected chi connectivity index (χ4v) is 3.33. The van der Waals surface area contributed by atoms with Crippen LogP contribution in [0, 0.1) is 6.92 Å². The van der Waals surface area contributed by atoms with Crippen LogP contribution in [0.4, 0.5) is 4.79 Å². The van der Waals surface area contributed by atoms with E-state index in [1.54, 1.807) is 18.2 Å². The number of phenols is 1. The highest BCUT2D eigenvalue weighted by Crippen LogP contribution is 2.35. The molecule has 152 valence electrons. The lowest BCUT2D eigenvalue weighted by molar-refractivity contribution is 0.198. The number of aromatic hydroxyl groups is 1. The molecule has 0 spiro atoms. The first kappa shape index (κ1) is 20.6. The topological polar surface area (TPSA) is 74.7 Å². The van der Waals surface area contributed by atoms with Crippen LogP contribution in [0.5, 0.6) is 11.5 Å². The zero-order valence-corrected chi connectivity index (χ0v) is 17.1. The maximum absolute atomic E-state index is 12.3. The normalized spacial score (nSPS) is 11.0. The summed E-state index contributed by atoms with van der Waals surface area (Å²) in [6.45, 7) is 9.32. The minimum Gasteiger partial charge on any atom is -0.508 e. The number of amides is 1. The number of aryl methyl sites for hydroxylation is 1. The third-order valence-electron chi connectivity index (χ3n) is 5.03. The van der Waals surface area contributed by atoms with Crippen molar-refractivity contribution in [1.82, 2.24) is 15.2 Å². The van der Waals surface area contributed by atoms with Gasteiger partial charge in [0.1, 0.15) is 5.75 Å². The second-order valence-corrected chi connectivity index (χ2v) is 6.86. The molecule has 0 atom stereocenters. The summed E-state index contributed by atoms with van der Waals surface area (Å²) in [5, 5.41) is 14.2. The minimum atomic E-state index is -0.535. The van der Waals surface area contributed by atoms with Crippen molar-refractivity contribution in [2.24, 2.45) is 0 Å². The second kappa shape index (κ2) is 9.39. The summed E-state index contributed by atoms with van der Waals surface area (Å²) in [5.74, 6) is 0.416. The molecule has 2 N–H and O–H groups in total. The fraction of sp³-hybridized carbons (Fsp3) is 0.304. The summed E-state index contributed by atoms with van der Waals surface area (Å²) < 4.78 is 5.51. The van der Waals surface area contributed by atoms with Crippen LogP contribution < -0.4 is 10.1 Å². The van der Waals surface area contributed by atoms with Gasteiger partial charge in [-0.1, -0.05) is 38.1 Å². The number of phenolic OH excluding ortho intramolecular Hbond substituents is 1. The molecule has 0 saturated carbocycles. The molecule has 0 saturated heterocycles. The van der Waals surface area contributed by atoms with E-state index in [-0.39, 0.29) is 5.75 Å². The average Bonchev–Trinajstić information content (AvgIpc) is 2.72. The molecule has 0 radical (unpaired) electrons. The van der Waals surface area contributed by atoms with Crippen LogP contribution in [0.3, 0.4) is 0 Å². The van der Waals surface area contributed by atoms with Gasteiger partial charge in [0, 0.05) is 29.4 Å². The lowest BCUT2D eigenvalue weighted by Crippen LogP contribution is -2.36. The number of nitrogens with one attached hydrogen (secondary N) is 1. The van der Waals surface area contributed by atoms with Crippen LogP contribution in [0.2, 0.25) is 0 Å². The van der Waals surface area contributed by atoms with Gasteiger partial charge in [0.2, 0.25) is 0 Å². The zero-order valence-electron chi connectivity index (χ0n) is 17.1. The molecule has 1 heterocycles. The predicted molar refractivity (Wildman–Crippen MR) is 115 cm³/mol. The Morgan fingerprint density at radius 2 is 1.90 bits per heavy atom. The van der Waals surface area contributed by atoms with Gasteiger partial charge < -0.3 is 20.1 Å². The van der Waals surface area contributed by atoms with Crippen LogP contribution in [0.1, 0.15) is 19.4 Å². The van der Waals surface area contributed by atoms with Crippen LogP contribution in [-0.2, 0) is 0 Å². The van der Waals surface area contributed by atoms with E-state index in [0.717, 1.165) is 41.8 Å². The molecule has 6 nitrogen and oxygen atoms in total. The maximum atomic E-state index is 12.3. The van der Waals surface area contributed by atoms with Gasteiger partial charge in [0.15, 0.2) is 5.75 Å². The first-order valence-electron chi connectivity index (χ1n) is 9.89. The molecule has 0 fully saturated rings. The quantitative estimate of drug-likeness (QED) is 0.624. The highest BCUT2D eigenvalue weighted by atomic mass is 16.6. The molecule has 3 rings (SSSR count). The lowest BCUT2D eigenvalue weighted by atomic mass is 10.00. The monoisotopic (exact) mass is 393 g/mol. The van der Waals surface area contributed by atoms with Gasteiger partial charge in [0.25, 0.3) is 0 Å². The van der Waals surface area contributed by atoms with E-state index in [1.807, 2.05) is 31.2 Å². The highest BCUT2D eigenvalue weighted by Gasteiger charge is 2.15. The van der Waals surface area contributed by atoms with Crippen molar-refractivity contribution in [3.05, 3.63) is 54.2 Å². The minimum absolute atomic E-state index is 0.103. The van der Waals surface area contributed by atoms with E-state index < -0.39 is 6.09 Å². The molecule has 3 aromatic rings. The third kappa shape index (κ3) is 4.84. The SMILES string of the molecule is CCN(CC)CCNC(=O)Oc1cnc(-c2ccccc2C)c2ccc(O)cc12. The molecule has 2 aromatic carbocycles. The number of carbonyl (C=O) groups is 1. The summed E-state index contributed by atoms with van der Waals surface area (Å²) in [7, 11) is 0. The maximum Gasteiger partial charge on any atom is 0.412 e. The molecule has 1 aromatic heterocycles. The first-order valence-corrected chi connectivity index (χ1v) is 9.89. The number of aromatic nitrogens is 1. The van der Waals surface area contributed by atoms with Gasteiger partial charge in [-0.3, -0.25) is 4.98 Å². The van der Waals surface area contributed by atoms with Gasteiger partial charge in [-0.2, -0.15) is 0 Å². The number of rotatable bonds is 7. The van der Waals surface area contributed by atoms with Gasteiger partial charge in [-0.25, -0.2) is 4.79 Å². The number of fused-ring (bicyclic) bond motifs is 1. The van der Waals surface area contributed by atoms with Crippen LogP contribution >= 0.6 is 0 Å². The fourth-order valence-electron chi connectivity index (χ4n) is 3.33. The Kier molecular flexibility index (Phi) is 6.67. The number of pyridine rings is 1. The second-order valence-electron chi connectivity index (χ2n) is 6.86. The third-order valence-corrected chi connectivity index (χ3v) is 5.03. The van der Waals surface area contributed by atoms with Crippen molar-refractivity contribution in [2.75, 3.05) is 26.2 Å². The zero-order chi connectivity index (χ0) is 20.8. The molecular weight excluding hydrogens is 366 g/mol. The highest BCUT2D eigenvalue weighted by molar-refractivity contribution is 6.00. The van der Waals surface area contributed by atoms with Crippen LogP contribution in [0.15, 0.2) is 48.7 Å². The largest absolute Gasteiger partial charge is 0.508 e. The van der Waals surface area contributed by atoms with Crippen molar-refractivity contribution in [3.8, 4) is 22.8 Å². The standard InChI is InChI=1S/C23H27N3O3/c1-4-26(5-2)13-12-24-23(28)29-21-15-25-22(18-9-7-6-8-16(18)3)19-11-10-17(27)14-20(19)21/h6-11,14-15,27H,4-5,12-13H2,1-3H3,(H,24,28). The number of benzene rings is 2. The van der Waals surface area contributed by atoms with E-state index in [1.165, 1.54) is 6.20 Å². The number of carbonyl (C=O) groups excluding carboxylic acids is 1. The lowest BCUT2D eigenvalue weighted by Gasteiger charge is -2.18. The molecule has 0 aliphatic rings. The molecule has 6 heteroatoms. The molecule has 1 amide bonds. The summed E-state index contributed by atoms with van der Waals surface area (Å²) >= 11 is 0. The van der Waals surface area contributed by atoms with E-state index >= 15 is 0 Å². The Hall–Kier alpha value is -3.12. The molecule has 0 unspecified atom stereocenters. The van der Waals surface area contributed by atoms with Crippen molar-refractivity contribution in [1.29, 1.82) is 0 Å². The summed E-state index contributed by atoms with van der Waals surface area (Å²) in [6.07, 6.45) is 1.00. The number of nitrogens with zero attached hydrogens (tertiary/aromatic N) is 2. The van der Waals surface area contributed by atoms with Crippen LogP contribution in [-0.4, -0.2) is 47.3 Å². The summed E-state index contributed by atoms with van der Waals surface area (Å²) in [5.41, 5.74) is 2.88. The Labute approximate surface area is 171 Å². The van der Waals surface area contributed by atoms with Crippen molar-refractivity contribution in [3.63, 3.8) is 0 Å². The van der Waals surface area contributed by atoms with Gasteiger partial charge >= 0.3 is 6.09 Å². The Morgan fingerprint density at radius 3 is 2.62 bits per heavy atom. The molecular formula is C23H27N3O3. The van der Waals surface area contributed by atoms with Gasteiger partial charge in [-0.15, -0.1) is 0 Å². The van der Waals surface area contributed by atoms with Gasteiger partial charge in [0.05, 0.1) is 11.9 Å². The Balaban J connectivity index is 1.86. The summed E-state index contributed by atoms with van der Waals surface area (Å²) in [6, 6.07) is 13.0. The molecule has 0 bridgehead atoms. The number of likely N-dealkylation sites (N-methyl/N-ethyl adjacent to an activating group) is 1. The van der Waals surface area contributed by atoms with E-state index in [9.17, 15) is 9.90 Å². The Morgan fingerprint density at radius 1 is 1.14 bits per heavy atom.